The fourth-order valence-electron chi connectivity index (χ4n) is 2.17. The Morgan fingerprint density at radius 3 is 2.88 bits per heavy atom. The van der Waals surface area contributed by atoms with Crippen molar-refractivity contribution >= 4 is 27.0 Å². The minimum Gasteiger partial charge on any atom is -0.381 e. The summed E-state index contributed by atoms with van der Waals surface area (Å²) in [5.74, 6) is -0.340. The second-order valence-corrected chi connectivity index (χ2v) is 5.05. The zero-order valence-corrected chi connectivity index (χ0v) is 10.7. The zero-order valence-electron chi connectivity index (χ0n) is 9.07. The highest BCUT2D eigenvalue weighted by molar-refractivity contribution is 9.10. The SMILES string of the molecule is Fc1cc(Br)cc2c1nnn2C1CCOCC1. The van der Waals surface area contributed by atoms with Crippen molar-refractivity contribution in [1.82, 2.24) is 15.0 Å². The molecule has 0 atom stereocenters. The van der Waals surface area contributed by atoms with Crippen LogP contribution in [0.25, 0.3) is 11.0 Å². The number of rotatable bonds is 1. The number of ether oxygens (including phenoxy) is 1. The summed E-state index contributed by atoms with van der Waals surface area (Å²) in [6.07, 6.45) is 1.79. The molecule has 0 radical (unpaired) electrons. The molecule has 0 bridgehead atoms. The Labute approximate surface area is 106 Å². The van der Waals surface area contributed by atoms with E-state index in [1.54, 1.807) is 0 Å². The first-order valence-corrected chi connectivity index (χ1v) is 6.32. The summed E-state index contributed by atoms with van der Waals surface area (Å²) >= 11 is 3.29. The molecule has 1 aliphatic heterocycles. The molecule has 0 aliphatic carbocycles. The predicted octanol–water partition coefficient (Wildman–Crippen LogP) is 2.68. The average Bonchev–Trinajstić information content (AvgIpc) is 2.74. The van der Waals surface area contributed by atoms with Gasteiger partial charge in [0, 0.05) is 17.7 Å². The van der Waals surface area contributed by atoms with E-state index in [0.29, 0.717) is 9.99 Å². The summed E-state index contributed by atoms with van der Waals surface area (Å²) in [5.41, 5.74) is 1.07. The molecule has 0 unspecified atom stereocenters. The summed E-state index contributed by atoms with van der Waals surface area (Å²) in [6, 6.07) is 3.52. The van der Waals surface area contributed by atoms with Crippen LogP contribution in [0.5, 0.6) is 0 Å². The Morgan fingerprint density at radius 2 is 2.12 bits per heavy atom. The largest absolute Gasteiger partial charge is 0.381 e. The summed E-state index contributed by atoms with van der Waals surface area (Å²) in [7, 11) is 0. The summed E-state index contributed by atoms with van der Waals surface area (Å²) in [6.45, 7) is 1.45. The monoisotopic (exact) mass is 299 g/mol. The zero-order chi connectivity index (χ0) is 11.8. The number of benzene rings is 1. The van der Waals surface area contributed by atoms with Crippen LogP contribution < -0.4 is 0 Å². The second-order valence-electron chi connectivity index (χ2n) is 4.13. The molecular formula is C11H11BrFN3O. The number of halogens is 2. The van der Waals surface area contributed by atoms with Crippen LogP contribution in [-0.4, -0.2) is 28.2 Å². The number of hydrogen-bond donors (Lipinski definition) is 0. The standard InChI is InChI=1S/C11H11BrFN3O/c12-7-5-9(13)11-10(6-7)16(15-14-11)8-1-3-17-4-2-8/h5-6,8H,1-4H2. The maximum atomic E-state index is 13.7. The smallest absolute Gasteiger partial charge is 0.154 e. The molecule has 4 nitrogen and oxygen atoms in total. The van der Waals surface area contributed by atoms with E-state index in [1.165, 1.54) is 6.07 Å². The molecule has 1 aromatic heterocycles. The van der Waals surface area contributed by atoms with Crippen LogP contribution in [0.4, 0.5) is 4.39 Å². The molecule has 0 spiro atoms. The quantitative estimate of drug-likeness (QED) is 0.813. The lowest BCUT2D eigenvalue weighted by Gasteiger charge is -2.22. The lowest BCUT2D eigenvalue weighted by atomic mass is 10.1. The van der Waals surface area contributed by atoms with E-state index in [-0.39, 0.29) is 11.9 Å². The Kier molecular flexibility index (Phi) is 2.84. The van der Waals surface area contributed by atoms with Gasteiger partial charge in [-0.15, -0.1) is 5.10 Å². The molecule has 2 aromatic rings. The van der Waals surface area contributed by atoms with Gasteiger partial charge in [-0.05, 0) is 25.0 Å². The van der Waals surface area contributed by atoms with Crippen molar-refractivity contribution in [2.75, 3.05) is 13.2 Å². The van der Waals surface area contributed by atoms with Crippen molar-refractivity contribution in [1.29, 1.82) is 0 Å². The first-order valence-electron chi connectivity index (χ1n) is 5.53. The Hall–Kier alpha value is -1.01. The average molecular weight is 300 g/mol. The Morgan fingerprint density at radius 1 is 1.35 bits per heavy atom. The normalized spacial score (nSPS) is 17.8. The lowest BCUT2D eigenvalue weighted by Crippen LogP contribution is -2.20. The van der Waals surface area contributed by atoms with E-state index in [9.17, 15) is 4.39 Å². The molecule has 1 fully saturated rings. The number of hydrogen-bond acceptors (Lipinski definition) is 3. The third-order valence-corrected chi connectivity index (χ3v) is 3.49. The molecule has 3 rings (SSSR count). The molecule has 90 valence electrons. The van der Waals surface area contributed by atoms with Crippen molar-refractivity contribution in [2.45, 2.75) is 18.9 Å². The molecule has 0 N–H and O–H groups in total. The predicted molar refractivity (Wildman–Crippen MR) is 64.3 cm³/mol. The van der Waals surface area contributed by atoms with Crippen LogP contribution >= 0.6 is 15.9 Å². The number of aromatic nitrogens is 3. The van der Waals surface area contributed by atoms with Crippen LogP contribution in [0.1, 0.15) is 18.9 Å². The highest BCUT2D eigenvalue weighted by atomic mass is 79.9. The van der Waals surface area contributed by atoms with Gasteiger partial charge in [-0.3, -0.25) is 0 Å². The molecule has 0 amide bonds. The minimum absolute atomic E-state index is 0.252. The second kappa shape index (κ2) is 4.34. The van der Waals surface area contributed by atoms with Crippen LogP contribution in [0.3, 0.4) is 0 Å². The fourth-order valence-corrected chi connectivity index (χ4v) is 2.58. The van der Waals surface area contributed by atoms with Gasteiger partial charge in [-0.1, -0.05) is 21.1 Å². The van der Waals surface area contributed by atoms with E-state index >= 15 is 0 Å². The first kappa shape index (κ1) is 11.1. The number of nitrogens with zero attached hydrogens (tertiary/aromatic N) is 3. The summed E-state index contributed by atoms with van der Waals surface area (Å²) in [5, 5.41) is 7.98. The van der Waals surface area contributed by atoms with Crippen molar-refractivity contribution in [2.24, 2.45) is 0 Å². The molecule has 1 aliphatic rings. The van der Waals surface area contributed by atoms with Crippen molar-refractivity contribution in [3.05, 3.63) is 22.4 Å². The van der Waals surface area contributed by atoms with E-state index < -0.39 is 0 Å². The van der Waals surface area contributed by atoms with Gasteiger partial charge in [-0.25, -0.2) is 9.07 Å². The van der Waals surface area contributed by atoms with Gasteiger partial charge in [0.05, 0.1) is 11.6 Å². The van der Waals surface area contributed by atoms with Gasteiger partial charge in [0.15, 0.2) is 5.82 Å². The first-order chi connectivity index (χ1) is 8.25. The van der Waals surface area contributed by atoms with Gasteiger partial charge in [0.1, 0.15) is 5.52 Å². The van der Waals surface area contributed by atoms with Crippen LogP contribution in [-0.2, 0) is 4.74 Å². The molecule has 1 aromatic carbocycles. The molecule has 0 saturated carbocycles. The minimum atomic E-state index is -0.340. The third kappa shape index (κ3) is 1.95. The molecule has 6 heteroatoms. The van der Waals surface area contributed by atoms with Crippen LogP contribution in [0.15, 0.2) is 16.6 Å². The highest BCUT2D eigenvalue weighted by Gasteiger charge is 2.20. The van der Waals surface area contributed by atoms with Gasteiger partial charge in [0.25, 0.3) is 0 Å². The summed E-state index contributed by atoms with van der Waals surface area (Å²) < 4.78 is 21.5. The van der Waals surface area contributed by atoms with Crippen LogP contribution in [0, 0.1) is 5.82 Å². The summed E-state index contributed by atoms with van der Waals surface area (Å²) in [4.78, 5) is 0. The molecular weight excluding hydrogens is 289 g/mol. The van der Waals surface area contributed by atoms with Gasteiger partial charge >= 0.3 is 0 Å². The topological polar surface area (TPSA) is 39.9 Å². The Bertz CT molecular complexity index is 551. The molecule has 1 saturated heterocycles. The van der Waals surface area contributed by atoms with E-state index in [0.717, 1.165) is 31.6 Å². The van der Waals surface area contributed by atoms with Gasteiger partial charge in [0.2, 0.25) is 0 Å². The molecule has 17 heavy (non-hydrogen) atoms. The van der Waals surface area contributed by atoms with E-state index in [2.05, 4.69) is 26.2 Å². The third-order valence-electron chi connectivity index (χ3n) is 3.03. The van der Waals surface area contributed by atoms with E-state index in [1.807, 2.05) is 10.7 Å². The van der Waals surface area contributed by atoms with Crippen LogP contribution in [0.2, 0.25) is 0 Å². The van der Waals surface area contributed by atoms with Gasteiger partial charge in [-0.2, -0.15) is 0 Å². The highest BCUT2D eigenvalue weighted by Crippen LogP contribution is 2.27. The maximum absolute atomic E-state index is 13.7. The van der Waals surface area contributed by atoms with Crippen molar-refractivity contribution in [3.8, 4) is 0 Å². The van der Waals surface area contributed by atoms with E-state index in [4.69, 9.17) is 4.74 Å². The van der Waals surface area contributed by atoms with Crippen molar-refractivity contribution < 1.29 is 9.13 Å². The molecule has 2 heterocycles. The Balaban J connectivity index is 2.10. The fraction of sp³-hybridized carbons (Fsp3) is 0.455. The van der Waals surface area contributed by atoms with Crippen molar-refractivity contribution in [3.63, 3.8) is 0 Å². The lowest BCUT2D eigenvalue weighted by molar-refractivity contribution is 0.0669. The van der Waals surface area contributed by atoms with Gasteiger partial charge < -0.3 is 4.74 Å². The maximum Gasteiger partial charge on any atom is 0.154 e. The number of fused-ring (bicyclic) bond motifs is 1.